The van der Waals surface area contributed by atoms with Gasteiger partial charge in [-0.1, -0.05) is 33.0 Å². The van der Waals surface area contributed by atoms with Crippen molar-refractivity contribution in [3.63, 3.8) is 0 Å². The maximum absolute atomic E-state index is 13.7. The maximum atomic E-state index is 13.7. The monoisotopic (exact) mass is 254 g/mol. The van der Waals surface area contributed by atoms with Gasteiger partial charge in [0.15, 0.2) is 0 Å². The van der Waals surface area contributed by atoms with Crippen LogP contribution in [0.15, 0.2) is 18.2 Å². The number of hydrogen-bond acceptors (Lipinski definition) is 2. The summed E-state index contributed by atoms with van der Waals surface area (Å²) in [6.45, 7) is 7.20. The summed E-state index contributed by atoms with van der Waals surface area (Å²) in [5.74, 6) is -0.316. The Morgan fingerprint density at radius 2 is 2.06 bits per heavy atom. The van der Waals surface area contributed by atoms with Crippen LogP contribution in [0.3, 0.4) is 0 Å². The summed E-state index contributed by atoms with van der Waals surface area (Å²) in [6, 6.07) is 4.76. The number of thiocarbonyl (C=S) groups is 1. The minimum absolute atomic E-state index is 0.213. The average molecular weight is 254 g/mol. The van der Waals surface area contributed by atoms with Crippen LogP contribution in [0.1, 0.15) is 32.8 Å². The summed E-state index contributed by atoms with van der Waals surface area (Å²) in [5.41, 5.74) is 6.72. The summed E-state index contributed by atoms with van der Waals surface area (Å²) in [4.78, 5) is 0.213. The van der Waals surface area contributed by atoms with E-state index in [0.29, 0.717) is 11.3 Å². The predicted molar refractivity (Wildman–Crippen MR) is 74.8 cm³/mol. The third-order valence-corrected chi connectivity index (χ3v) is 2.68. The van der Waals surface area contributed by atoms with Crippen molar-refractivity contribution in [2.24, 2.45) is 11.1 Å². The zero-order valence-corrected chi connectivity index (χ0v) is 11.3. The van der Waals surface area contributed by atoms with Gasteiger partial charge in [-0.3, -0.25) is 0 Å². The van der Waals surface area contributed by atoms with Crippen LogP contribution in [-0.4, -0.2) is 11.5 Å². The Hall–Kier alpha value is -1.16. The molecule has 0 aliphatic heterocycles. The quantitative estimate of drug-likeness (QED) is 0.810. The third-order valence-electron chi connectivity index (χ3n) is 2.44. The number of benzene rings is 1. The highest BCUT2D eigenvalue weighted by atomic mass is 32.1. The van der Waals surface area contributed by atoms with Crippen molar-refractivity contribution >= 4 is 22.9 Å². The molecule has 0 spiro atoms. The lowest BCUT2D eigenvalue weighted by Crippen LogP contribution is -2.14. The molecule has 0 unspecified atom stereocenters. The lowest BCUT2D eigenvalue weighted by Gasteiger charge is -2.18. The zero-order valence-electron chi connectivity index (χ0n) is 10.5. The van der Waals surface area contributed by atoms with Gasteiger partial charge in [0.2, 0.25) is 0 Å². The SMILES string of the molecule is CC(C)(C)CCNc1ccc(C(N)=S)cc1F. The van der Waals surface area contributed by atoms with Gasteiger partial charge in [-0.15, -0.1) is 0 Å². The molecule has 4 heteroatoms. The van der Waals surface area contributed by atoms with E-state index in [0.717, 1.165) is 13.0 Å². The van der Waals surface area contributed by atoms with Crippen LogP contribution in [0, 0.1) is 11.2 Å². The largest absolute Gasteiger partial charge is 0.389 e. The predicted octanol–water partition coefficient (Wildman–Crippen LogP) is 3.31. The smallest absolute Gasteiger partial charge is 0.146 e. The van der Waals surface area contributed by atoms with Crippen LogP contribution in [0.2, 0.25) is 0 Å². The van der Waals surface area contributed by atoms with Gasteiger partial charge >= 0.3 is 0 Å². The van der Waals surface area contributed by atoms with E-state index in [9.17, 15) is 4.39 Å². The highest BCUT2D eigenvalue weighted by Gasteiger charge is 2.10. The Balaban J connectivity index is 2.64. The van der Waals surface area contributed by atoms with Gasteiger partial charge < -0.3 is 11.1 Å². The Kier molecular flexibility index (Phi) is 4.46. The lowest BCUT2D eigenvalue weighted by molar-refractivity contribution is 0.389. The Morgan fingerprint density at radius 3 is 2.53 bits per heavy atom. The Bertz CT molecular complexity index is 410. The number of hydrogen-bond donors (Lipinski definition) is 2. The zero-order chi connectivity index (χ0) is 13.1. The van der Waals surface area contributed by atoms with Crippen molar-refractivity contribution in [2.75, 3.05) is 11.9 Å². The van der Waals surface area contributed by atoms with Crippen LogP contribution in [0.5, 0.6) is 0 Å². The fourth-order valence-corrected chi connectivity index (χ4v) is 1.51. The topological polar surface area (TPSA) is 38.0 Å². The van der Waals surface area contributed by atoms with Crippen molar-refractivity contribution in [1.82, 2.24) is 0 Å². The van der Waals surface area contributed by atoms with Crippen molar-refractivity contribution in [1.29, 1.82) is 0 Å². The standard InChI is InChI=1S/C13H19FN2S/c1-13(2,3)6-7-16-11-5-4-9(12(15)17)8-10(11)14/h4-5,8,16H,6-7H2,1-3H3,(H2,15,17). The molecule has 3 N–H and O–H groups in total. The van der Waals surface area contributed by atoms with E-state index in [-0.39, 0.29) is 16.2 Å². The van der Waals surface area contributed by atoms with E-state index in [1.807, 2.05) is 0 Å². The van der Waals surface area contributed by atoms with Gasteiger partial charge in [0.1, 0.15) is 10.8 Å². The van der Waals surface area contributed by atoms with Crippen LogP contribution in [0.4, 0.5) is 10.1 Å². The molecule has 1 aromatic carbocycles. The molecule has 0 atom stereocenters. The minimum Gasteiger partial charge on any atom is -0.389 e. The summed E-state index contributed by atoms with van der Waals surface area (Å²) < 4.78 is 13.7. The molecule has 0 saturated carbocycles. The molecule has 0 fully saturated rings. The van der Waals surface area contributed by atoms with Gasteiger partial charge in [-0.25, -0.2) is 4.39 Å². The molecule has 0 bridgehead atoms. The van der Waals surface area contributed by atoms with E-state index in [4.69, 9.17) is 18.0 Å². The third kappa shape index (κ3) is 4.69. The second-order valence-corrected chi connectivity index (χ2v) is 5.74. The molecule has 2 nitrogen and oxygen atoms in total. The molecule has 0 aromatic heterocycles. The average Bonchev–Trinajstić information content (AvgIpc) is 2.18. The number of halogens is 1. The molecule has 1 aromatic rings. The van der Waals surface area contributed by atoms with E-state index in [2.05, 4.69) is 26.1 Å². The molecule has 94 valence electrons. The van der Waals surface area contributed by atoms with Crippen molar-refractivity contribution in [3.8, 4) is 0 Å². The first kappa shape index (κ1) is 13.9. The molecule has 0 aliphatic rings. The second kappa shape index (κ2) is 5.45. The summed E-state index contributed by atoms with van der Waals surface area (Å²) >= 11 is 4.79. The van der Waals surface area contributed by atoms with Crippen LogP contribution >= 0.6 is 12.2 Å². The van der Waals surface area contributed by atoms with E-state index >= 15 is 0 Å². The fourth-order valence-electron chi connectivity index (χ4n) is 1.38. The first-order valence-corrected chi connectivity index (χ1v) is 6.04. The lowest BCUT2D eigenvalue weighted by atomic mass is 9.92. The molecular formula is C13H19FN2S. The molecule has 0 aliphatic carbocycles. The molecule has 0 amide bonds. The van der Waals surface area contributed by atoms with E-state index in [1.165, 1.54) is 6.07 Å². The Labute approximate surface area is 107 Å². The normalized spacial score (nSPS) is 11.3. The van der Waals surface area contributed by atoms with Crippen molar-refractivity contribution in [3.05, 3.63) is 29.6 Å². The second-order valence-electron chi connectivity index (χ2n) is 5.30. The molecular weight excluding hydrogens is 235 g/mol. The van der Waals surface area contributed by atoms with Gasteiger partial charge in [0.25, 0.3) is 0 Å². The highest BCUT2D eigenvalue weighted by molar-refractivity contribution is 7.80. The van der Waals surface area contributed by atoms with Crippen LogP contribution in [0.25, 0.3) is 0 Å². The summed E-state index contributed by atoms with van der Waals surface area (Å²) in [5, 5.41) is 3.08. The fraction of sp³-hybridized carbons (Fsp3) is 0.462. The first-order valence-electron chi connectivity index (χ1n) is 5.63. The van der Waals surface area contributed by atoms with Gasteiger partial charge in [-0.05, 0) is 30.0 Å². The first-order chi connectivity index (χ1) is 7.79. The van der Waals surface area contributed by atoms with Gasteiger partial charge in [0, 0.05) is 12.1 Å². The molecule has 0 heterocycles. The molecule has 0 radical (unpaired) electrons. The van der Waals surface area contributed by atoms with Gasteiger partial charge in [0.05, 0.1) is 5.69 Å². The van der Waals surface area contributed by atoms with Crippen molar-refractivity contribution in [2.45, 2.75) is 27.2 Å². The number of anilines is 1. The van der Waals surface area contributed by atoms with E-state index in [1.54, 1.807) is 12.1 Å². The van der Waals surface area contributed by atoms with Gasteiger partial charge in [-0.2, -0.15) is 0 Å². The summed E-state index contributed by atoms with van der Waals surface area (Å²) in [6.07, 6.45) is 0.976. The summed E-state index contributed by atoms with van der Waals surface area (Å²) in [7, 11) is 0. The van der Waals surface area contributed by atoms with Crippen LogP contribution < -0.4 is 11.1 Å². The molecule has 0 saturated heterocycles. The van der Waals surface area contributed by atoms with Crippen LogP contribution in [-0.2, 0) is 0 Å². The number of rotatable bonds is 4. The minimum atomic E-state index is -0.316. The molecule has 1 rings (SSSR count). The van der Waals surface area contributed by atoms with E-state index < -0.39 is 0 Å². The Morgan fingerprint density at radius 1 is 1.41 bits per heavy atom. The molecule has 17 heavy (non-hydrogen) atoms. The number of nitrogens with one attached hydrogen (secondary N) is 1. The number of nitrogens with two attached hydrogens (primary N) is 1. The van der Waals surface area contributed by atoms with Crippen molar-refractivity contribution < 1.29 is 4.39 Å². The maximum Gasteiger partial charge on any atom is 0.146 e. The highest BCUT2D eigenvalue weighted by Crippen LogP contribution is 2.20.